The number of benzene rings is 1. The first-order chi connectivity index (χ1) is 11.7. The number of hydrogen-bond donors (Lipinski definition) is 0. The van der Waals surface area contributed by atoms with Crippen LogP contribution in [0, 0.1) is 6.57 Å². The van der Waals surface area contributed by atoms with Gasteiger partial charge in [0.2, 0.25) is 6.54 Å². The van der Waals surface area contributed by atoms with E-state index in [0.29, 0.717) is 26.2 Å². The fraction of sp³-hybridized carbons (Fsp3) is 0.579. The molecule has 24 heavy (non-hydrogen) atoms. The van der Waals surface area contributed by atoms with Crippen LogP contribution in [0.25, 0.3) is 4.85 Å². The van der Waals surface area contributed by atoms with E-state index >= 15 is 0 Å². The Morgan fingerprint density at radius 2 is 2.25 bits per heavy atom. The molecule has 0 saturated heterocycles. The highest BCUT2D eigenvalue weighted by molar-refractivity contribution is 5.70. The molecule has 0 N–H and O–H groups in total. The van der Waals surface area contributed by atoms with Crippen molar-refractivity contribution >= 4 is 5.97 Å². The Morgan fingerprint density at radius 3 is 3.04 bits per heavy atom. The van der Waals surface area contributed by atoms with Crippen molar-refractivity contribution in [3.05, 3.63) is 35.2 Å². The monoisotopic (exact) mass is 331 g/mol. The Hall–Kier alpha value is -2.22. The lowest BCUT2D eigenvalue weighted by Gasteiger charge is -2.26. The molecule has 0 bridgehead atoms. The first-order valence-corrected chi connectivity index (χ1v) is 8.64. The van der Waals surface area contributed by atoms with Crippen LogP contribution in [0.2, 0.25) is 0 Å². The lowest BCUT2D eigenvalue weighted by atomic mass is 10.0. The van der Waals surface area contributed by atoms with E-state index in [0.717, 1.165) is 49.2 Å². The van der Waals surface area contributed by atoms with Crippen LogP contribution in [0.3, 0.4) is 0 Å². The van der Waals surface area contributed by atoms with Gasteiger partial charge in [0.1, 0.15) is 17.6 Å². The van der Waals surface area contributed by atoms with Crippen LogP contribution in [0.4, 0.5) is 0 Å². The highest BCUT2D eigenvalue weighted by atomic mass is 16.5. The number of aryl methyl sites for hydroxylation is 1. The second-order valence-electron chi connectivity index (χ2n) is 5.85. The summed E-state index contributed by atoms with van der Waals surface area (Å²) in [6, 6.07) is 5.85. The molecule has 1 aliphatic heterocycles. The van der Waals surface area contributed by atoms with Gasteiger partial charge in [-0.25, -0.2) is 6.57 Å². The first-order valence-electron chi connectivity index (χ1n) is 8.64. The average Bonchev–Trinajstić information content (AvgIpc) is 2.58. The van der Waals surface area contributed by atoms with Gasteiger partial charge >= 0.3 is 5.97 Å². The van der Waals surface area contributed by atoms with Gasteiger partial charge in [0, 0.05) is 6.42 Å². The van der Waals surface area contributed by atoms with E-state index in [-0.39, 0.29) is 12.1 Å². The number of fused-ring (bicyclic) bond motifs is 1. The van der Waals surface area contributed by atoms with Crippen LogP contribution >= 0.6 is 0 Å². The minimum atomic E-state index is -0.205. The maximum Gasteiger partial charge on any atom is 0.309 e. The van der Waals surface area contributed by atoms with Crippen molar-refractivity contribution in [3.63, 3.8) is 0 Å². The van der Waals surface area contributed by atoms with Crippen molar-refractivity contribution in [2.24, 2.45) is 0 Å². The number of carbonyl (C=O) groups excluding carboxylic acids is 1. The zero-order valence-corrected chi connectivity index (χ0v) is 14.3. The van der Waals surface area contributed by atoms with Gasteiger partial charge in [-0.2, -0.15) is 0 Å². The molecule has 5 nitrogen and oxygen atoms in total. The molecule has 0 aliphatic carbocycles. The van der Waals surface area contributed by atoms with Crippen molar-refractivity contribution in [1.29, 1.82) is 0 Å². The molecule has 1 heterocycles. The summed E-state index contributed by atoms with van der Waals surface area (Å²) in [5.74, 6) is 1.48. The highest BCUT2D eigenvalue weighted by Crippen LogP contribution is 2.32. The standard InChI is InChI=1S/C19H25NO4/c1-3-22-19(21)14-17-8-7-15-13-16(9-10-18(15)24-17)23-12-6-4-5-11-20-2/h9-10,13,17H,3-8,11-12,14H2,1H3. The van der Waals surface area contributed by atoms with Crippen molar-refractivity contribution in [2.45, 2.75) is 51.6 Å². The largest absolute Gasteiger partial charge is 0.494 e. The second-order valence-corrected chi connectivity index (χ2v) is 5.85. The summed E-state index contributed by atoms with van der Waals surface area (Å²) in [6.07, 6.45) is 4.80. The van der Waals surface area contributed by atoms with Gasteiger partial charge < -0.3 is 19.1 Å². The predicted octanol–water partition coefficient (Wildman–Crippen LogP) is 3.80. The van der Waals surface area contributed by atoms with Crippen molar-refractivity contribution in [2.75, 3.05) is 19.8 Å². The van der Waals surface area contributed by atoms with Gasteiger partial charge in [0.05, 0.1) is 19.6 Å². The summed E-state index contributed by atoms with van der Waals surface area (Å²) in [4.78, 5) is 14.9. The molecule has 0 saturated carbocycles. The van der Waals surface area contributed by atoms with Gasteiger partial charge in [-0.05, 0) is 56.4 Å². The summed E-state index contributed by atoms with van der Waals surface area (Å²) in [5, 5.41) is 0. The number of nitrogens with zero attached hydrogens (tertiary/aromatic N) is 1. The van der Waals surface area contributed by atoms with Crippen molar-refractivity contribution in [1.82, 2.24) is 0 Å². The summed E-state index contributed by atoms with van der Waals surface area (Å²) in [7, 11) is 0. The van der Waals surface area contributed by atoms with E-state index in [1.165, 1.54) is 0 Å². The maximum absolute atomic E-state index is 11.6. The van der Waals surface area contributed by atoms with E-state index in [2.05, 4.69) is 4.85 Å². The van der Waals surface area contributed by atoms with E-state index in [4.69, 9.17) is 20.8 Å². The molecule has 0 fully saturated rings. The van der Waals surface area contributed by atoms with E-state index < -0.39 is 0 Å². The SMILES string of the molecule is [C-]#[N+]CCCCCOc1ccc2c(c1)CCC(CC(=O)OCC)O2. The molecule has 0 amide bonds. The summed E-state index contributed by atoms with van der Waals surface area (Å²) in [6.45, 7) is 10.2. The van der Waals surface area contributed by atoms with Gasteiger partial charge in [-0.3, -0.25) is 4.79 Å². The Labute approximate surface area is 143 Å². The third-order valence-corrected chi connectivity index (χ3v) is 3.94. The number of carbonyl (C=O) groups is 1. The van der Waals surface area contributed by atoms with Gasteiger partial charge in [0.15, 0.2) is 0 Å². The van der Waals surface area contributed by atoms with E-state index in [1.54, 1.807) is 6.92 Å². The molecule has 1 aromatic rings. The maximum atomic E-state index is 11.6. The minimum Gasteiger partial charge on any atom is -0.494 e. The summed E-state index contributed by atoms with van der Waals surface area (Å²) < 4.78 is 16.6. The quantitative estimate of drug-likeness (QED) is 0.392. The van der Waals surface area contributed by atoms with Gasteiger partial charge in [0.25, 0.3) is 0 Å². The van der Waals surface area contributed by atoms with Crippen LogP contribution in [0.5, 0.6) is 11.5 Å². The lowest BCUT2D eigenvalue weighted by Crippen LogP contribution is -2.26. The lowest BCUT2D eigenvalue weighted by molar-refractivity contribution is -0.145. The van der Waals surface area contributed by atoms with Crippen LogP contribution < -0.4 is 9.47 Å². The molecule has 0 spiro atoms. The predicted molar refractivity (Wildman–Crippen MR) is 91.2 cm³/mol. The number of ether oxygens (including phenoxy) is 3. The summed E-state index contributed by atoms with van der Waals surface area (Å²) in [5.41, 5.74) is 1.13. The molecular weight excluding hydrogens is 306 g/mol. The third-order valence-electron chi connectivity index (χ3n) is 3.94. The number of unbranched alkanes of at least 4 members (excludes halogenated alkanes) is 2. The zero-order valence-electron chi connectivity index (χ0n) is 14.3. The van der Waals surface area contributed by atoms with E-state index in [1.807, 2.05) is 18.2 Å². The molecule has 0 aromatic heterocycles. The Balaban J connectivity index is 1.78. The van der Waals surface area contributed by atoms with Crippen LogP contribution in [-0.2, 0) is 16.0 Å². The topological polar surface area (TPSA) is 49.1 Å². The zero-order chi connectivity index (χ0) is 17.2. The number of hydrogen-bond acceptors (Lipinski definition) is 4. The Kier molecular flexibility index (Phi) is 7.41. The number of rotatable bonds is 9. The third kappa shape index (κ3) is 5.77. The van der Waals surface area contributed by atoms with Crippen LogP contribution in [0.15, 0.2) is 18.2 Å². The second kappa shape index (κ2) is 9.82. The fourth-order valence-corrected chi connectivity index (χ4v) is 2.72. The van der Waals surface area contributed by atoms with Gasteiger partial charge in [-0.1, -0.05) is 0 Å². The number of esters is 1. The molecule has 0 radical (unpaired) electrons. The first kappa shape index (κ1) is 18.1. The average molecular weight is 331 g/mol. The van der Waals surface area contributed by atoms with Gasteiger partial charge in [-0.15, -0.1) is 0 Å². The molecule has 1 aromatic carbocycles. The van der Waals surface area contributed by atoms with Crippen LogP contribution in [-0.4, -0.2) is 31.8 Å². The molecule has 130 valence electrons. The Bertz CT molecular complexity index is 579. The molecule has 5 heteroatoms. The van der Waals surface area contributed by atoms with Crippen molar-refractivity contribution < 1.29 is 19.0 Å². The molecule has 1 aliphatic rings. The Morgan fingerprint density at radius 1 is 1.38 bits per heavy atom. The smallest absolute Gasteiger partial charge is 0.309 e. The molecular formula is C19H25NO4. The highest BCUT2D eigenvalue weighted by Gasteiger charge is 2.23. The van der Waals surface area contributed by atoms with E-state index in [9.17, 15) is 4.79 Å². The molecule has 2 rings (SSSR count). The summed E-state index contributed by atoms with van der Waals surface area (Å²) >= 11 is 0. The molecule has 1 atom stereocenters. The molecule has 1 unspecified atom stereocenters. The normalized spacial score (nSPS) is 15.8. The van der Waals surface area contributed by atoms with Crippen molar-refractivity contribution in [3.8, 4) is 11.5 Å². The fourth-order valence-electron chi connectivity index (χ4n) is 2.72. The minimum absolute atomic E-state index is 0.106. The van der Waals surface area contributed by atoms with Crippen LogP contribution in [0.1, 0.15) is 44.6 Å².